The third-order valence-corrected chi connectivity index (χ3v) is 8.17. The van der Waals surface area contributed by atoms with Crippen LogP contribution in [0.15, 0.2) is 64.2 Å². The normalized spacial score (nSPS) is 17.0. The highest BCUT2D eigenvalue weighted by Crippen LogP contribution is 2.31. The van der Waals surface area contributed by atoms with E-state index in [0.717, 1.165) is 28.0 Å². The molecule has 3 aromatic rings. The van der Waals surface area contributed by atoms with Gasteiger partial charge in [0.1, 0.15) is 16.1 Å². The van der Waals surface area contributed by atoms with E-state index in [4.69, 9.17) is 0 Å². The Morgan fingerprint density at radius 3 is 2.62 bits per heavy atom. The van der Waals surface area contributed by atoms with Crippen molar-refractivity contribution in [1.82, 2.24) is 4.31 Å². The van der Waals surface area contributed by atoms with Gasteiger partial charge in [-0.2, -0.15) is 4.31 Å². The van der Waals surface area contributed by atoms with E-state index in [0.29, 0.717) is 0 Å². The van der Waals surface area contributed by atoms with Crippen LogP contribution in [0.25, 0.3) is 0 Å². The number of fused-ring (bicyclic) bond motifs is 1. The number of aryl methyl sites for hydroxylation is 1. The van der Waals surface area contributed by atoms with Gasteiger partial charge in [-0.1, -0.05) is 36.4 Å². The van der Waals surface area contributed by atoms with E-state index in [1.807, 2.05) is 24.3 Å². The largest absolute Gasteiger partial charge is 0.322 e. The minimum atomic E-state index is -3.87. The lowest BCUT2D eigenvalue weighted by Crippen LogP contribution is -2.50. The molecule has 1 aliphatic rings. The number of amides is 1. The molecule has 0 saturated carbocycles. The lowest BCUT2D eigenvalue weighted by atomic mass is 9.95. The second kappa shape index (κ2) is 7.70. The molecule has 29 heavy (non-hydrogen) atoms. The molecule has 0 bridgehead atoms. The molecule has 5 nitrogen and oxygen atoms in total. The summed E-state index contributed by atoms with van der Waals surface area (Å²) in [6.07, 6.45) is 0.222. The number of hydrogen-bond acceptors (Lipinski definition) is 4. The lowest BCUT2D eigenvalue weighted by Gasteiger charge is -2.34. The zero-order chi connectivity index (χ0) is 20.6. The van der Waals surface area contributed by atoms with Crippen molar-refractivity contribution in [2.75, 3.05) is 5.32 Å². The van der Waals surface area contributed by atoms with E-state index < -0.39 is 27.8 Å². The highest BCUT2D eigenvalue weighted by atomic mass is 32.2. The smallest absolute Gasteiger partial charge is 0.253 e. The van der Waals surface area contributed by atoms with Crippen molar-refractivity contribution in [3.05, 3.63) is 82.5 Å². The van der Waals surface area contributed by atoms with Gasteiger partial charge < -0.3 is 5.32 Å². The maximum Gasteiger partial charge on any atom is 0.253 e. The molecule has 1 amide bonds. The van der Waals surface area contributed by atoms with Gasteiger partial charge in [-0.15, -0.1) is 11.3 Å². The van der Waals surface area contributed by atoms with Crippen LogP contribution >= 0.6 is 11.3 Å². The molecule has 0 aliphatic carbocycles. The molecule has 1 aromatic heterocycles. The predicted molar refractivity (Wildman–Crippen MR) is 111 cm³/mol. The van der Waals surface area contributed by atoms with Crippen LogP contribution in [0.5, 0.6) is 0 Å². The molecule has 2 aromatic carbocycles. The Hall–Kier alpha value is -2.55. The van der Waals surface area contributed by atoms with Crippen LogP contribution in [0.1, 0.15) is 16.7 Å². The highest BCUT2D eigenvalue weighted by Gasteiger charge is 2.40. The fraction of sp³-hybridized carbons (Fsp3) is 0.190. The molecule has 4 rings (SSSR count). The van der Waals surface area contributed by atoms with E-state index in [1.54, 1.807) is 24.4 Å². The number of rotatable bonds is 4. The molecule has 0 fully saturated rings. The molecule has 1 aliphatic heterocycles. The number of benzene rings is 2. The van der Waals surface area contributed by atoms with E-state index in [2.05, 4.69) is 5.32 Å². The minimum Gasteiger partial charge on any atom is -0.322 e. The average molecular weight is 431 g/mol. The molecule has 0 radical (unpaired) electrons. The first-order chi connectivity index (χ1) is 13.9. The summed E-state index contributed by atoms with van der Waals surface area (Å²) in [6.45, 7) is 1.88. The van der Waals surface area contributed by atoms with Gasteiger partial charge >= 0.3 is 0 Å². The molecule has 1 atom stereocenters. The third-order valence-electron chi connectivity index (χ3n) is 4.95. The van der Waals surface area contributed by atoms with Gasteiger partial charge in [-0.3, -0.25) is 4.79 Å². The van der Waals surface area contributed by atoms with E-state index in [9.17, 15) is 17.6 Å². The maximum absolute atomic E-state index is 14.1. The van der Waals surface area contributed by atoms with Crippen LogP contribution in [0.3, 0.4) is 0 Å². The Bertz CT molecular complexity index is 1160. The summed E-state index contributed by atoms with van der Waals surface area (Å²) < 4.78 is 42.0. The van der Waals surface area contributed by atoms with Crippen molar-refractivity contribution in [2.24, 2.45) is 0 Å². The zero-order valence-electron chi connectivity index (χ0n) is 15.6. The Labute approximate surface area is 172 Å². The standard InChI is InChI=1S/C21H19FN2O3S2/c1-14-8-9-17(22)18(11-14)23-21(25)19-12-15-5-2-3-6-16(15)13-24(19)29(26,27)20-7-4-10-28-20/h2-11,19H,12-13H2,1H3,(H,23,25). The first kappa shape index (κ1) is 19.8. The van der Waals surface area contributed by atoms with Crippen LogP contribution in [0.4, 0.5) is 10.1 Å². The topological polar surface area (TPSA) is 66.5 Å². The summed E-state index contributed by atoms with van der Waals surface area (Å²) in [5, 5.41) is 4.26. The fourth-order valence-corrected chi connectivity index (χ4v) is 6.14. The molecule has 8 heteroatoms. The molecule has 150 valence electrons. The van der Waals surface area contributed by atoms with Crippen molar-refractivity contribution >= 4 is 33.0 Å². The molecular weight excluding hydrogens is 411 g/mol. The third kappa shape index (κ3) is 3.83. The number of hydrogen-bond donors (Lipinski definition) is 1. The van der Waals surface area contributed by atoms with Gasteiger partial charge in [-0.05, 0) is 53.6 Å². The van der Waals surface area contributed by atoms with Crippen LogP contribution in [-0.4, -0.2) is 24.7 Å². The number of carbonyl (C=O) groups is 1. The van der Waals surface area contributed by atoms with Gasteiger partial charge in [0.25, 0.3) is 10.0 Å². The average Bonchev–Trinajstić information content (AvgIpc) is 3.25. The Balaban J connectivity index is 1.72. The van der Waals surface area contributed by atoms with Gasteiger partial charge in [0.2, 0.25) is 5.91 Å². The van der Waals surface area contributed by atoms with Gasteiger partial charge in [0.15, 0.2) is 0 Å². The van der Waals surface area contributed by atoms with Crippen molar-refractivity contribution in [1.29, 1.82) is 0 Å². The molecular formula is C21H19FN2O3S2. The van der Waals surface area contributed by atoms with Crippen LogP contribution in [0, 0.1) is 12.7 Å². The number of nitrogens with zero attached hydrogens (tertiary/aromatic N) is 1. The highest BCUT2D eigenvalue weighted by molar-refractivity contribution is 7.91. The van der Waals surface area contributed by atoms with Gasteiger partial charge in [-0.25, -0.2) is 12.8 Å². The number of thiophene rings is 1. The van der Waals surface area contributed by atoms with Crippen LogP contribution in [0.2, 0.25) is 0 Å². The van der Waals surface area contributed by atoms with Crippen molar-refractivity contribution in [3.63, 3.8) is 0 Å². The SMILES string of the molecule is Cc1ccc(F)c(NC(=O)C2Cc3ccccc3CN2S(=O)(=O)c2cccs2)c1. The Morgan fingerprint density at radius 1 is 1.14 bits per heavy atom. The summed E-state index contributed by atoms with van der Waals surface area (Å²) in [5.41, 5.74) is 2.61. The summed E-state index contributed by atoms with van der Waals surface area (Å²) in [6, 6.07) is 14.1. The first-order valence-corrected chi connectivity index (χ1v) is 11.4. The van der Waals surface area contributed by atoms with E-state index >= 15 is 0 Å². The minimum absolute atomic E-state index is 0.0438. The number of carbonyl (C=O) groups excluding carboxylic acids is 1. The van der Waals surface area contributed by atoms with Crippen LogP contribution in [-0.2, 0) is 27.8 Å². The molecule has 2 heterocycles. The molecule has 0 spiro atoms. The Morgan fingerprint density at radius 2 is 1.90 bits per heavy atom. The number of halogens is 1. The first-order valence-electron chi connectivity index (χ1n) is 9.05. The Kier molecular flexibility index (Phi) is 5.24. The summed E-state index contributed by atoms with van der Waals surface area (Å²) in [7, 11) is -3.87. The maximum atomic E-state index is 14.1. The molecule has 1 unspecified atom stereocenters. The molecule has 1 N–H and O–H groups in total. The fourth-order valence-electron chi connectivity index (χ4n) is 3.45. The van der Waals surface area contributed by atoms with Crippen molar-refractivity contribution in [2.45, 2.75) is 30.1 Å². The summed E-state index contributed by atoms with van der Waals surface area (Å²) >= 11 is 1.11. The zero-order valence-corrected chi connectivity index (χ0v) is 17.3. The van der Waals surface area contributed by atoms with Gasteiger partial charge in [0, 0.05) is 6.54 Å². The van der Waals surface area contributed by atoms with Crippen LogP contribution < -0.4 is 5.32 Å². The quantitative estimate of drug-likeness (QED) is 0.682. The van der Waals surface area contributed by atoms with Gasteiger partial charge in [0.05, 0.1) is 5.69 Å². The lowest BCUT2D eigenvalue weighted by molar-refractivity contribution is -0.120. The van der Waals surface area contributed by atoms with Crippen molar-refractivity contribution < 1.29 is 17.6 Å². The monoisotopic (exact) mass is 430 g/mol. The summed E-state index contributed by atoms with van der Waals surface area (Å²) in [4.78, 5) is 13.1. The predicted octanol–water partition coefficient (Wildman–Crippen LogP) is 3.95. The second-order valence-electron chi connectivity index (χ2n) is 6.94. The summed E-state index contributed by atoms with van der Waals surface area (Å²) in [5.74, 6) is -1.11. The number of sulfonamides is 1. The number of nitrogens with one attached hydrogen (secondary N) is 1. The van der Waals surface area contributed by atoms with E-state index in [-0.39, 0.29) is 22.9 Å². The molecule has 0 saturated heterocycles. The van der Waals surface area contributed by atoms with Crippen molar-refractivity contribution in [3.8, 4) is 0 Å². The number of anilines is 1. The van der Waals surface area contributed by atoms with E-state index in [1.165, 1.54) is 22.5 Å². The second-order valence-corrected chi connectivity index (χ2v) is 10.0.